The molecule has 1 aromatic carbocycles. The number of aromatic nitrogens is 2. The monoisotopic (exact) mass is 282 g/mol. The first-order chi connectivity index (χ1) is 10.4. The normalized spacial score (nSPS) is 22.4. The van der Waals surface area contributed by atoms with Crippen LogP contribution in [0.1, 0.15) is 32.1 Å². The van der Waals surface area contributed by atoms with Crippen LogP contribution in [-0.4, -0.2) is 35.1 Å². The van der Waals surface area contributed by atoms with Crippen LogP contribution in [0.3, 0.4) is 0 Å². The second-order valence-corrected chi connectivity index (χ2v) is 6.26. The molecule has 1 aliphatic carbocycles. The molecule has 2 fully saturated rings. The Hall–Kier alpha value is -1.68. The molecule has 1 atom stereocenters. The summed E-state index contributed by atoms with van der Waals surface area (Å²) in [5, 5.41) is 4.76. The summed E-state index contributed by atoms with van der Waals surface area (Å²) in [6, 6.07) is 9.47. The third-order valence-corrected chi connectivity index (χ3v) is 4.55. The van der Waals surface area contributed by atoms with Crippen molar-refractivity contribution in [1.82, 2.24) is 15.3 Å². The standard InChI is InChI=1S/C17H22N4/c1-2-7-16-13(5-1)11-19-17(20-16)21(15-8-9-15)12-14-6-3-4-10-18-14/h1-2,5,7,11,14-15,18H,3-4,6,8-10,12H2. The summed E-state index contributed by atoms with van der Waals surface area (Å²) in [6.45, 7) is 2.20. The molecule has 0 spiro atoms. The van der Waals surface area contributed by atoms with Gasteiger partial charge in [0.1, 0.15) is 0 Å². The fourth-order valence-corrected chi connectivity index (χ4v) is 3.20. The van der Waals surface area contributed by atoms with Crippen molar-refractivity contribution >= 4 is 16.9 Å². The molecule has 0 radical (unpaired) electrons. The van der Waals surface area contributed by atoms with E-state index in [-0.39, 0.29) is 0 Å². The lowest BCUT2D eigenvalue weighted by Crippen LogP contribution is -2.45. The predicted molar refractivity (Wildman–Crippen MR) is 85.5 cm³/mol. The largest absolute Gasteiger partial charge is 0.336 e. The first-order valence-corrected chi connectivity index (χ1v) is 8.12. The second kappa shape index (κ2) is 5.60. The van der Waals surface area contributed by atoms with Crippen LogP contribution in [0.15, 0.2) is 30.5 Å². The van der Waals surface area contributed by atoms with Crippen LogP contribution in [-0.2, 0) is 0 Å². The Labute approximate surface area is 125 Å². The molecule has 2 heterocycles. The number of benzene rings is 1. The second-order valence-electron chi connectivity index (χ2n) is 6.26. The highest BCUT2D eigenvalue weighted by Gasteiger charge is 2.32. The van der Waals surface area contributed by atoms with E-state index < -0.39 is 0 Å². The Morgan fingerprint density at radius 3 is 2.86 bits per heavy atom. The van der Waals surface area contributed by atoms with Crippen LogP contribution in [0.25, 0.3) is 10.9 Å². The molecule has 1 unspecified atom stereocenters. The highest BCUT2D eigenvalue weighted by Crippen LogP contribution is 2.31. The Bertz CT molecular complexity index is 617. The van der Waals surface area contributed by atoms with Crippen molar-refractivity contribution in [3.05, 3.63) is 30.5 Å². The number of rotatable bonds is 4. The average molecular weight is 282 g/mol. The molecule has 2 aliphatic rings. The lowest BCUT2D eigenvalue weighted by atomic mass is 10.0. The number of hydrogen-bond acceptors (Lipinski definition) is 4. The summed E-state index contributed by atoms with van der Waals surface area (Å²) >= 11 is 0. The van der Waals surface area contributed by atoms with Gasteiger partial charge >= 0.3 is 0 Å². The molecule has 1 saturated carbocycles. The van der Waals surface area contributed by atoms with Crippen molar-refractivity contribution in [2.45, 2.75) is 44.2 Å². The number of nitrogens with one attached hydrogen (secondary N) is 1. The summed E-state index contributed by atoms with van der Waals surface area (Å²) in [7, 11) is 0. The third kappa shape index (κ3) is 2.86. The Kier molecular flexibility index (Phi) is 3.47. The first-order valence-electron chi connectivity index (χ1n) is 8.12. The number of piperidine rings is 1. The van der Waals surface area contributed by atoms with Crippen molar-refractivity contribution in [2.24, 2.45) is 0 Å². The summed E-state index contributed by atoms with van der Waals surface area (Å²) in [5.41, 5.74) is 1.05. The van der Waals surface area contributed by atoms with Crippen molar-refractivity contribution < 1.29 is 0 Å². The number of fused-ring (bicyclic) bond motifs is 1. The molecule has 4 heteroatoms. The first kappa shape index (κ1) is 13.0. The van der Waals surface area contributed by atoms with E-state index in [4.69, 9.17) is 4.98 Å². The zero-order chi connectivity index (χ0) is 14.1. The fraction of sp³-hybridized carbons (Fsp3) is 0.529. The summed E-state index contributed by atoms with van der Waals surface area (Å²) < 4.78 is 0. The van der Waals surface area contributed by atoms with Gasteiger partial charge in [-0.05, 0) is 38.3 Å². The number of para-hydroxylation sites is 1. The quantitative estimate of drug-likeness (QED) is 0.936. The van der Waals surface area contributed by atoms with Gasteiger partial charge in [-0.15, -0.1) is 0 Å². The summed E-state index contributed by atoms with van der Waals surface area (Å²) in [4.78, 5) is 11.8. The van der Waals surface area contributed by atoms with Crippen molar-refractivity contribution in [3.63, 3.8) is 0 Å². The van der Waals surface area contributed by atoms with Crippen LogP contribution in [0.4, 0.5) is 5.95 Å². The number of hydrogen-bond donors (Lipinski definition) is 1. The lowest BCUT2D eigenvalue weighted by molar-refractivity contribution is 0.397. The van der Waals surface area contributed by atoms with Gasteiger partial charge in [-0.3, -0.25) is 0 Å². The molecular weight excluding hydrogens is 260 g/mol. The molecule has 4 rings (SSSR count). The van der Waals surface area contributed by atoms with Crippen LogP contribution in [0.5, 0.6) is 0 Å². The molecule has 1 N–H and O–H groups in total. The maximum absolute atomic E-state index is 4.79. The van der Waals surface area contributed by atoms with Crippen LogP contribution < -0.4 is 10.2 Å². The highest BCUT2D eigenvalue weighted by molar-refractivity contribution is 5.78. The minimum Gasteiger partial charge on any atom is -0.336 e. The van der Waals surface area contributed by atoms with Gasteiger partial charge in [0.2, 0.25) is 5.95 Å². The van der Waals surface area contributed by atoms with Gasteiger partial charge in [0.25, 0.3) is 0 Å². The topological polar surface area (TPSA) is 41.1 Å². The van der Waals surface area contributed by atoms with Crippen LogP contribution in [0, 0.1) is 0 Å². The third-order valence-electron chi connectivity index (χ3n) is 4.55. The van der Waals surface area contributed by atoms with Gasteiger partial charge in [0, 0.05) is 30.2 Å². The smallest absolute Gasteiger partial charge is 0.226 e. The van der Waals surface area contributed by atoms with Gasteiger partial charge < -0.3 is 10.2 Å². The minimum atomic E-state index is 0.592. The molecule has 0 amide bonds. The molecule has 1 aliphatic heterocycles. The van der Waals surface area contributed by atoms with E-state index >= 15 is 0 Å². The van der Waals surface area contributed by atoms with Gasteiger partial charge in [-0.2, -0.15) is 0 Å². The van der Waals surface area contributed by atoms with Gasteiger partial charge in [0.05, 0.1) is 5.52 Å². The van der Waals surface area contributed by atoms with E-state index in [1.807, 2.05) is 18.3 Å². The maximum Gasteiger partial charge on any atom is 0.226 e. The van der Waals surface area contributed by atoms with E-state index in [1.54, 1.807) is 0 Å². The summed E-state index contributed by atoms with van der Waals surface area (Å²) in [5.74, 6) is 0.906. The zero-order valence-electron chi connectivity index (χ0n) is 12.3. The average Bonchev–Trinajstić information content (AvgIpc) is 3.38. The van der Waals surface area contributed by atoms with Gasteiger partial charge in [-0.25, -0.2) is 9.97 Å². The van der Waals surface area contributed by atoms with E-state index in [0.717, 1.165) is 29.9 Å². The van der Waals surface area contributed by atoms with E-state index in [1.165, 1.54) is 32.1 Å². The van der Waals surface area contributed by atoms with Crippen molar-refractivity contribution in [2.75, 3.05) is 18.0 Å². The Morgan fingerprint density at radius 2 is 2.05 bits per heavy atom. The zero-order valence-corrected chi connectivity index (χ0v) is 12.3. The molecule has 0 bridgehead atoms. The van der Waals surface area contributed by atoms with Crippen molar-refractivity contribution in [3.8, 4) is 0 Å². The Morgan fingerprint density at radius 1 is 1.14 bits per heavy atom. The lowest BCUT2D eigenvalue weighted by Gasteiger charge is -2.30. The van der Waals surface area contributed by atoms with E-state index in [2.05, 4.69) is 27.3 Å². The fourth-order valence-electron chi connectivity index (χ4n) is 3.20. The van der Waals surface area contributed by atoms with Gasteiger partial charge in [-0.1, -0.05) is 24.6 Å². The van der Waals surface area contributed by atoms with E-state index in [9.17, 15) is 0 Å². The number of anilines is 1. The molecule has 4 nitrogen and oxygen atoms in total. The van der Waals surface area contributed by atoms with Crippen LogP contribution >= 0.6 is 0 Å². The molecule has 1 saturated heterocycles. The molecule has 2 aromatic rings. The van der Waals surface area contributed by atoms with E-state index in [0.29, 0.717) is 12.1 Å². The molecule has 21 heavy (non-hydrogen) atoms. The highest BCUT2D eigenvalue weighted by atomic mass is 15.3. The maximum atomic E-state index is 4.79. The van der Waals surface area contributed by atoms with Crippen LogP contribution in [0.2, 0.25) is 0 Å². The minimum absolute atomic E-state index is 0.592. The molecular formula is C17H22N4. The Balaban J connectivity index is 1.59. The summed E-state index contributed by atoms with van der Waals surface area (Å²) in [6.07, 6.45) is 8.45. The van der Waals surface area contributed by atoms with Gasteiger partial charge in [0.15, 0.2) is 0 Å². The predicted octanol–water partition coefficient (Wildman–Crippen LogP) is 2.74. The molecule has 110 valence electrons. The molecule has 1 aromatic heterocycles. The SMILES string of the molecule is c1ccc2nc(N(CC3CCCCN3)C3CC3)ncc2c1. The van der Waals surface area contributed by atoms with Crippen molar-refractivity contribution in [1.29, 1.82) is 0 Å². The number of nitrogens with zero attached hydrogens (tertiary/aromatic N) is 3.